The fourth-order valence-corrected chi connectivity index (χ4v) is 3.92. The van der Waals surface area contributed by atoms with E-state index in [0.717, 1.165) is 28.0 Å². The Kier molecular flexibility index (Phi) is 4.55. The van der Waals surface area contributed by atoms with Gasteiger partial charge in [-0.05, 0) is 35.2 Å². The maximum atomic E-state index is 5.67. The molecule has 0 amide bonds. The average Bonchev–Trinajstić information content (AvgIpc) is 2.53. The number of rotatable bonds is 3. The summed E-state index contributed by atoms with van der Waals surface area (Å²) in [7, 11) is 0. The van der Waals surface area contributed by atoms with E-state index in [1.807, 2.05) is 12.1 Å². The molecule has 0 saturated carbocycles. The van der Waals surface area contributed by atoms with Crippen LogP contribution in [0.3, 0.4) is 0 Å². The molecule has 110 valence electrons. The Morgan fingerprint density at radius 2 is 1.67 bits per heavy atom. The average molecular weight is 412 g/mol. The van der Waals surface area contributed by atoms with Crippen molar-refractivity contribution in [1.82, 2.24) is 0 Å². The lowest BCUT2D eigenvalue weighted by Gasteiger charge is -2.21. The number of benzene rings is 2. The second kappa shape index (κ2) is 6.41. The van der Waals surface area contributed by atoms with Crippen LogP contribution in [0.25, 0.3) is 0 Å². The van der Waals surface area contributed by atoms with Gasteiger partial charge < -0.3 is 9.47 Å². The molecule has 0 bridgehead atoms. The van der Waals surface area contributed by atoms with E-state index in [2.05, 4.69) is 63.0 Å². The molecule has 21 heavy (non-hydrogen) atoms. The van der Waals surface area contributed by atoms with Gasteiger partial charge in [0.2, 0.25) is 0 Å². The van der Waals surface area contributed by atoms with Crippen molar-refractivity contribution in [3.8, 4) is 11.5 Å². The molecule has 3 rings (SSSR count). The topological polar surface area (TPSA) is 18.5 Å². The van der Waals surface area contributed by atoms with Crippen LogP contribution in [0.2, 0.25) is 0 Å². The van der Waals surface area contributed by atoms with Gasteiger partial charge in [0.25, 0.3) is 0 Å². The molecule has 2 aromatic rings. The van der Waals surface area contributed by atoms with Gasteiger partial charge in [0.05, 0.1) is 4.83 Å². The molecule has 1 aliphatic heterocycles. The third kappa shape index (κ3) is 3.11. The van der Waals surface area contributed by atoms with E-state index in [1.165, 1.54) is 11.1 Å². The zero-order valence-electron chi connectivity index (χ0n) is 11.7. The molecule has 1 aliphatic rings. The molecular formula is C17H16Br2O2. The largest absolute Gasteiger partial charge is 0.486 e. The zero-order valence-corrected chi connectivity index (χ0v) is 14.9. The van der Waals surface area contributed by atoms with Crippen LogP contribution in [0.1, 0.15) is 28.4 Å². The summed E-state index contributed by atoms with van der Waals surface area (Å²) in [6.07, 6.45) is 1.06. The minimum atomic E-state index is 0.119. The highest BCUT2D eigenvalue weighted by Gasteiger charge is 2.20. The molecular weight excluding hydrogens is 396 g/mol. The molecule has 0 radical (unpaired) electrons. The van der Waals surface area contributed by atoms with Gasteiger partial charge in [-0.2, -0.15) is 0 Å². The summed E-state index contributed by atoms with van der Waals surface area (Å²) in [6, 6.07) is 12.7. The van der Waals surface area contributed by atoms with E-state index in [0.29, 0.717) is 13.2 Å². The van der Waals surface area contributed by atoms with Crippen molar-refractivity contribution in [3.63, 3.8) is 0 Å². The number of halogens is 2. The third-order valence-corrected chi connectivity index (χ3v) is 5.32. The molecule has 0 saturated heterocycles. The van der Waals surface area contributed by atoms with Crippen LogP contribution in [0.5, 0.6) is 11.5 Å². The van der Waals surface area contributed by atoms with Gasteiger partial charge in [-0.1, -0.05) is 63.0 Å². The quantitative estimate of drug-likeness (QED) is 0.640. The number of aryl methyl sites for hydroxylation is 1. The number of ether oxygens (including phenoxy) is 2. The third-order valence-electron chi connectivity index (χ3n) is 3.62. The van der Waals surface area contributed by atoms with Crippen LogP contribution in [0.4, 0.5) is 0 Å². The second-order valence-electron chi connectivity index (χ2n) is 4.98. The Labute approximate surface area is 141 Å². The van der Waals surface area contributed by atoms with E-state index in [1.54, 1.807) is 0 Å². The first kappa shape index (κ1) is 14.9. The van der Waals surface area contributed by atoms with Crippen LogP contribution in [0, 0.1) is 0 Å². The van der Waals surface area contributed by atoms with Crippen molar-refractivity contribution in [2.45, 2.75) is 18.2 Å². The van der Waals surface area contributed by atoms with E-state index in [9.17, 15) is 0 Å². The van der Waals surface area contributed by atoms with E-state index >= 15 is 0 Å². The number of hydrogen-bond acceptors (Lipinski definition) is 2. The Bertz CT molecular complexity index is 638. The van der Waals surface area contributed by atoms with Gasteiger partial charge in [0, 0.05) is 4.47 Å². The van der Waals surface area contributed by atoms with Crippen LogP contribution >= 0.6 is 31.9 Å². The first-order valence-electron chi connectivity index (χ1n) is 7.01. The standard InChI is InChI=1S/C17H16Br2O2/c1-2-11-3-5-12(6-4-11)17(19)13-9-15-16(10-14(13)18)21-8-7-20-15/h3-6,9-10,17H,2,7-8H2,1H3. The van der Waals surface area contributed by atoms with E-state index < -0.39 is 0 Å². The normalized spacial score (nSPS) is 14.8. The van der Waals surface area contributed by atoms with Crippen molar-refractivity contribution < 1.29 is 9.47 Å². The first-order chi connectivity index (χ1) is 10.2. The smallest absolute Gasteiger partial charge is 0.162 e. The summed E-state index contributed by atoms with van der Waals surface area (Å²) >= 11 is 7.43. The van der Waals surface area contributed by atoms with Crippen LogP contribution < -0.4 is 9.47 Å². The molecule has 0 spiro atoms. The van der Waals surface area contributed by atoms with Crippen molar-refractivity contribution in [2.24, 2.45) is 0 Å². The van der Waals surface area contributed by atoms with E-state index in [4.69, 9.17) is 9.47 Å². The lowest BCUT2D eigenvalue weighted by Crippen LogP contribution is -2.15. The molecule has 0 aliphatic carbocycles. The van der Waals surface area contributed by atoms with Gasteiger partial charge >= 0.3 is 0 Å². The Morgan fingerprint density at radius 3 is 2.29 bits per heavy atom. The minimum Gasteiger partial charge on any atom is -0.486 e. The molecule has 1 atom stereocenters. The predicted molar refractivity (Wildman–Crippen MR) is 91.7 cm³/mol. The highest BCUT2D eigenvalue weighted by atomic mass is 79.9. The van der Waals surface area contributed by atoms with Gasteiger partial charge in [-0.15, -0.1) is 0 Å². The molecule has 0 fully saturated rings. The SMILES string of the molecule is CCc1ccc(C(Br)c2cc3c(cc2Br)OCCO3)cc1. The lowest BCUT2D eigenvalue weighted by molar-refractivity contribution is 0.171. The Morgan fingerprint density at radius 1 is 1.05 bits per heavy atom. The summed E-state index contributed by atoms with van der Waals surface area (Å²) in [6.45, 7) is 3.37. The van der Waals surface area contributed by atoms with Crippen LogP contribution in [0.15, 0.2) is 40.9 Å². The summed E-state index contributed by atoms with van der Waals surface area (Å²) in [4.78, 5) is 0.119. The summed E-state index contributed by atoms with van der Waals surface area (Å²) < 4.78 is 12.3. The second-order valence-corrected chi connectivity index (χ2v) is 6.75. The summed E-state index contributed by atoms with van der Waals surface area (Å²) in [5, 5.41) is 0. The molecule has 0 N–H and O–H groups in total. The van der Waals surface area contributed by atoms with Crippen molar-refractivity contribution in [2.75, 3.05) is 13.2 Å². The fourth-order valence-electron chi connectivity index (χ4n) is 2.38. The van der Waals surface area contributed by atoms with Gasteiger partial charge in [-0.25, -0.2) is 0 Å². The predicted octanol–water partition coefficient (Wildman–Crippen LogP) is 5.27. The van der Waals surface area contributed by atoms with Gasteiger partial charge in [0.1, 0.15) is 13.2 Å². The molecule has 2 aromatic carbocycles. The molecule has 1 heterocycles. The molecule has 2 nitrogen and oxygen atoms in total. The zero-order chi connectivity index (χ0) is 14.8. The van der Waals surface area contributed by atoms with Gasteiger partial charge in [-0.3, -0.25) is 0 Å². The molecule has 0 aromatic heterocycles. The Hall–Kier alpha value is -1.00. The fraction of sp³-hybridized carbons (Fsp3) is 0.294. The molecule has 4 heteroatoms. The maximum Gasteiger partial charge on any atom is 0.162 e. The molecule has 1 unspecified atom stereocenters. The Balaban J connectivity index is 1.94. The van der Waals surface area contributed by atoms with Crippen molar-refractivity contribution in [1.29, 1.82) is 0 Å². The monoisotopic (exact) mass is 410 g/mol. The minimum absolute atomic E-state index is 0.119. The van der Waals surface area contributed by atoms with Crippen molar-refractivity contribution >= 4 is 31.9 Å². The van der Waals surface area contributed by atoms with Crippen LogP contribution in [-0.4, -0.2) is 13.2 Å². The number of fused-ring (bicyclic) bond motifs is 1. The van der Waals surface area contributed by atoms with Crippen LogP contribution in [-0.2, 0) is 6.42 Å². The number of hydrogen-bond donors (Lipinski definition) is 0. The van der Waals surface area contributed by atoms with E-state index in [-0.39, 0.29) is 4.83 Å². The lowest BCUT2D eigenvalue weighted by atomic mass is 10.0. The first-order valence-corrected chi connectivity index (χ1v) is 8.72. The van der Waals surface area contributed by atoms with Gasteiger partial charge in [0.15, 0.2) is 11.5 Å². The summed E-state index contributed by atoms with van der Waals surface area (Å²) in [5.74, 6) is 1.62. The highest BCUT2D eigenvalue weighted by molar-refractivity contribution is 9.11. The highest BCUT2D eigenvalue weighted by Crippen LogP contribution is 2.42. The summed E-state index contributed by atoms with van der Waals surface area (Å²) in [5.41, 5.74) is 3.72. The maximum absolute atomic E-state index is 5.67. The number of alkyl halides is 1. The van der Waals surface area contributed by atoms with Crippen molar-refractivity contribution in [3.05, 3.63) is 57.6 Å².